The molecule has 0 spiro atoms. The first-order valence-corrected chi connectivity index (χ1v) is 10.2. The molecule has 1 aromatic heterocycles. The Bertz CT molecular complexity index is 819. The van der Waals surface area contributed by atoms with E-state index in [1.165, 1.54) is 11.1 Å². The molecule has 1 saturated heterocycles. The van der Waals surface area contributed by atoms with Crippen LogP contribution in [0.3, 0.4) is 0 Å². The van der Waals surface area contributed by atoms with Gasteiger partial charge in [0.25, 0.3) is 0 Å². The van der Waals surface area contributed by atoms with Gasteiger partial charge < -0.3 is 0 Å². The molecule has 0 saturated carbocycles. The van der Waals surface area contributed by atoms with Crippen molar-refractivity contribution in [2.24, 2.45) is 0 Å². The van der Waals surface area contributed by atoms with Crippen molar-refractivity contribution < 1.29 is 8.42 Å². The van der Waals surface area contributed by atoms with Crippen LogP contribution < -0.4 is 4.72 Å². The summed E-state index contributed by atoms with van der Waals surface area (Å²) >= 11 is 0. The Morgan fingerprint density at radius 2 is 1.88 bits per heavy atom. The molecular weight excluding hydrogens is 336 g/mol. The van der Waals surface area contributed by atoms with E-state index in [0.717, 1.165) is 25.9 Å². The predicted molar refractivity (Wildman–Crippen MR) is 98.0 cm³/mol. The first-order valence-electron chi connectivity index (χ1n) is 8.71. The summed E-state index contributed by atoms with van der Waals surface area (Å²) in [5.41, 5.74) is 3.44. The molecule has 1 atom stereocenters. The second-order valence-corrected chi connectivity index (χ2v) is 8.43. The van der Waals surface area contributed by atoms with E-state index in [-0.39, 0.29) is 10.9 Å². The highest BCUT2D eigenvalue weighted by molar-refractivity contribution is 7.89. The van der Waals surface area contributed by atoms with Crippen LogP contribution in [0.2, 0.25) is 0 Å². The van der Waals surface area contributed by atoms with Crippen molar-refractivity contribution in [3.63, 3.8) is 0 Å². The van der Waals surface area contributed by atoms with Crippen molar-refractivity contribution in [1.29, 1.82) is 0 Å². The summed E-state index contributed by atoms with van der Waals surface area (Å²) in [5.74, 6) is 0. The number of benzene rings is 1. The van der Waals surface area contributed by atoms with Gasteiger partial charge in [0.15, 0.2) is 0 Å². The Hall–Kier alpha value is -1.70. The van der Waals surface area contributed by atoms with Crippen LogP contribution in [0.25, 0.3) is 0 Å². The van der Waals surface area contributed by atoms with Crippen LogP contribution in [-0.4, -0.2) is 43.1 Å². The fourth-order valence-electron chi connectivity index (χ4n) is 3.65. The van der Waals surface area contributed by atoms with Gasteiger partial charge in [-0.2, -0.15) is 5.10 Å². The highest BCUT2D eigenvalue weighted by Gasteiger charge is 2.28. The number of hydrogen-bond acceptors (Lipinski definition) is 4. The van der Waals surface area contributed by atoms with E-state index in [0.29, 0.717) is 17.9 Å². The molecule has 6 nitrogen and oxygen atoms in total. The lowest BCUT2D eigenvalue weighted by atomic mass is 10.0. The molecule has 3 rings (SSSR count). The molecule has 0 aliphatic carbocycles. The van der Waals surface area contributed by atoms with Crippen LogP contribution in [0.1, 0.15) is 41.4 Å². The highest BCUT2D eigenvalue weighted by atomic mass is 32.2. The summed E-state index contributed by atoms with van der Waals surface area (Å²) < 4.78 is 28.4. The van der Waals surface area contributed by atoms with E-state index in [4.69, 9.17) is 0 Å². The zero-order valence-electron chi connectivity index (χ0n) is 15.0. The topological polar surface area (TPSA) is 78.1 Å². The minimum Gasteiger partial charge on any atom is -0.295 e. The lowest BCUT2D eigenvalue weighted by Crippen LogP contribution is -2.37. The van der Waals surface area contributed by atoms with Gasteiger partial charge in [-0.1, -0.05) is 24.3 Å². The average molecular weight is 362 g/mol. The second kappa shape index (κ2) is 7.27. The Balaban J connectivity index is 1.85. The fourth-order valence-corrected chi connectivity index (χ4v) is 5.05. The maximum Gasteiger partial charge on any atom is 0.244 e. The van der Waals surface area contributed by atoms with Gasteiger partial charge >= 0.3 is 0 Å². The normalized spacial score (nSPS) is 17.1. The van der Waals surface area contributed by atoms with Gasteiger partial charge in [-0.05, 0) is 57.8 Å². The Morgan fingerprint density at radius 1 is 1.20 bits per heavy atom. The monoisotopic (exact) mass is 362 g/mol. The van der Waals surface area contributed by atoms with Crippen LogP contribution in [0.15, 0.2) is 29.2 Å². The standard InChI is InChI=1S/C18H26N4O2S/c1-13-8-4-5-9-16(13)17(22-10-6-7-11-22)12-19-25(23,24)18-14(2)20-21-15(18)3/h4-5,8-9,17,19H,6-7,10-12H2,1-3H3,(H,20,21). The summed E-state index contributed by atoms with van der Waals surface area (Å²) in [6, 6.07) is 8.26. The molecule has 25 heavy (non-hydrogen) atoms. The maximum atomic E-state index is 12.8. The Morgan fingerprint density at radius 3 is 2.48 bits per heavy atom. The predicted octanol–water partition coefficient (Wildman–Crippen LogP) is 2.45. The largest absolute Gasteiger partial charge is 0.295 e. The zero-order valence-corrected chi connectivity index (χ0v) is 15.9. The molecule has 1 unspecified atom stereocenters. The number of aromatic nitrogens is 2. The molecule has 2 heterocycles. The summed E-state index contributed by atoms with van der Waals surface area (Å²) in [4.78, 5) is 2.64. The van der Waals surface area contributed by atoms with Gasteiger partial charge in [-0.3, -0.25) is 10.00 Å². The van der Waals surface area contributed by atoms with Crippen molar-refractivity contribution in [3.8, 4) is 0 Å². The number of sulfonamides is 1. The third kappa shape index (κ3) is 3.78. The third-order valence-corrected chi connectivity index (χ3v) is 6.61. The van der Waals surface area contributed by atoms with Crippen LogP contribution in [0, 0.1) is 20.8 Å². The zero-order chi connectivity index (χ0) is 18.0. The first-order chi connectivity index (χ1) is 11.9. The lowest BCUT2D eigenvalue weighted by Gasteiger charge is -2.29. The lowest BCUT2D eigenvalue weighted by molar-refractivity contribution is 0.246. The van der Waals surface area contributed by atoms with Gasteiger partial charge in [-0.25, -0.2) is 13.1 Å². The van der Waals surface area contributed by atoms with Gasteiger partial charge in [0.05, 0.1) is 11.4 Å². The molecule has 1 aliphatic rings. The average Bonchev–Trinajstić information content (AvgIpc) is 3.19. The number of nitrogens with one attached hydrogen (secondary N) is 2. The van der Waals surface area contributed by atoms with E-state index >= 15 is 0 Å². The van der Waals surface area contributed by atoms with E-state index < -0.39 is 10.0 Å². The summed E-state index contributed by atoms with van der Waals surface area (Å²) in [6.07, 6.45) is 2.32. The minimum atomic E-state index is -3.59. The van der Waals surface area contributed by atoms with E-state index in [1.807, 2.05) is 12.1 Å². The summed E-state index contributed by atoms with van der Waals surface area (Å²) in [6.45, 7) is 7.88. The molecule has 1 fully saturated rings. The number of H-pyrrole nitrogens is 1. The van der Waals surface area contributed by atoms with Crippen LogP contribution >= 0.6 is 0 Å². The van der Waals surface area contributed by atoms with Crippen molar-refractivity contribution in [3.05, 3.63) is 46.8 Å². The molecule has 2 N–H and O–H groups in total. The van der Waals surface area contributed by atoms with Crippen molar-refractivity contribution in [2.45, 2.75) is 44.6 Å². The maximum absolute atomic E-state index is 12.8. The molecule has 7 heteroatoms. The quantitative estimate of drug-likeness (QED) is 0.827. The number of aromatic amines is 1. The molecule has 0 amide bonds. The SMILES string of the molecule is Cc1ccccc1C(CNS(=O)(=O)c1c(C)n[nH]c1C)N1CCCC1. The number of likely N-dealkylation sites (tertiary alicyclic amines) is 1. The second-order valence-electron chi connectivity index (χ2n) is 6.73. The van der Waals surface area contributed by atoms with Gasteiger partial charge in [0.1, 0.15) is 4.90 Å². The molecule has 0 radical (unpaired) electrons. The highest BCUT2D eigenvalue weighted by Crippen LogP contribution is 2.27. The molecule has 1 aliphatic heterocycles. The Labute approximate surface area is 149 Å². The third-order valence-electron chi connectivity index (χ3n) is 4.92. The van der Waals surface area contributed by atoms with Crippen molar-refractivity contribution in [1.82, 2.24) is 19.8 Å². The van der Waals surface area contributed by atoms with E-state index in [2.05, 4.69) is 38.9 Å². The number of nitrogens with zero attached hydrogens (tertiary/aromatic N) is 2. The summed E-state index contributed by atoms with van der Waals surface area (Å²) in [5, 5.41) is 6.75. The fraction of sp³-hybridized carbons (Fsp3) is 0.500. The van der Waals surface area contributed by atoms with Gasteiger partial charge in [0, 0.05) is 12.6 Å². The smallest absolute Gasteiger partial charge is 0.244 e. The molecular formula is C18H26N4O2S. The number of hydrogen-bond donors (Lipinski definition) is 2. The molecule has 0 bridgehead atoms. The van der Waals surface area contributed by atoms with Crippen LogP contribution in [0.5, 0.6) is 0 Å². The first kappa shape index (κ1) is 18.1. The summed E-state index contributed by atoms with van der Waals surface area (Å²) in [7, 11) is -3.59. The van der Waals surface area contributed by atoms with Gasteiger partial charge in [-0.15, -0.1) is 0 Å². The Kier molecular flexibility index (Phi) is 5.27. The number of aryl methyl sites for hydroxylation is 3. The van der Waals surface area contributed by atoms with E-state index in [9.17, 15) is 8.42 Å². The van der Waals surface area contributed by atoms with Crippen molar-refractivity contribution >= 4 is 10.0 Å². The molecule has 136 valence electrons. The minimum absolute atomic E-state index is 0.0472. The molecule has 1 aromatic carbocycles. The van der Waals surface area contributed by atoms with Crippen LogP contribution in [-0.2, 0) is 10.0 Å². The molecule has 2 aromatic rings. The van der Waals surface area contributed by atoms with E-state index in [1.54, 1.807) is 13.8 Å². The van der Waals surface area contributed by atoms with Crippen molar-refractivity contribution in [2.75, 3.05) is 19.6 Å². The van der Waals surface area contributed by atoms with Crippen LogP contribution in [0.4, 0.5) is 0 Å². The van der Waals surface area contributed by atoms with Gasteiger partial charge in [0.2, 0.25) is 10.0 Å². The number of rotatable bonds is 6.